The van der Waals surface area contributed by atoms with Gasteiger partial charge in [0.1, 0.15) is 5.57 Å². The van der Waals surface area contributed by atoms with Crippen molar-refractivity contribution < 1.29 is 19.4 Å². The third-order valence-corrected chi connectivity index (χ3v) is 1.36. The summed E-state index contributed by atoms with van der Waals surface area (Å²) in [4.78, 5) is 21.6. The maximum Gasteiger partial charge on any atom is 0.345 e. The number of unbranched alkanes of at least 4 members (excludes halogenated alkanes) is 1. The van der Waals surface area contributed by atoms with Gasteiger partial charge in [-0.25, -0.2) is 9.59 Å². The molecule has 4 nitrogen and oxygen atoms in total. The molecule has 74 valence electrons. The zero-order valence-electron chi connectivity index (χ0n) is 7.87. The van der Waals surface area contributed by atoms with Crippen LogP contribution in [0.4, 0.5) is 0 Å². The molecule has 0 aromatic rings. The van der Waals surface area contributed by atoms with Crippen LogP contribution in [0.1, 0.15) is 26.7 Å². The number of ether oxygens (including phenoxy) is 1. The van der Waals surface area contributed by atoms with Crippen molar-refractivity contribution in [2.45, 2.75) is 26.7 Å². The van der Waals surface area contributed by atoms with Gasteiger partial charge in [0.2, 0.25) is 0 Å². The van der Waals surface area contributed by atoms with Crippen LogP contribution in [0.15, 0.2) is 11.6 Å². The van der Waals surface area contributed by atoms with Gasteiger partial charge in [-0.15, -0.1) is 0 Å². The van der Waals surface area contributed by atoms with E-state index in [1.54, 1.807) is 6.92 Å². The molecule has 0 aromatic carbocycles. The number of aliphatic carboxylic acids is 1. The third kappa shape index (κ3) is 4.30. The van der Waals surface area contributed by atoms with Crippen LogP contribution in [-0.2, 0) is 14.3 Å². The first-order valence-electron chi connectivity index (χ1n) is 4.24. The number of hydrogen-bond donors (Lipinski definition) is 1. The summed E-state index contributed by atoms with van der Waals surface area (Å²) >= 11 is 0. The van der Waals surface area contributed by atoms with Crippen LogP contribution < -0.4 is 0 Å². The zero-order chi connectivity index (χ0) is 10.3. The Morgan fingerprint density at radius 1 is 1.38 bits per heavy atom. The summed E-state index contributed by atoms with van der Waals surface area (Å²) in [6.07, 6.45) is 2.76. The highest BCUT2D eigenvalue weighted by atomic mass is 16.5. The highest BCUT2D eigenvalue weighted by Crippen LogP contribution is 2.02. The van der Waals surface area contributed by atoms with Gasteiger partial charge >= 0.3 is 11.9 Å². The van der Waals surface area contributed by atoms with Crippen LogP contribution >= 0.6 is 0 Å². The minimum Gasteiger partial charge on any atom is -0.477 e. The Balaban J connectivity index is 4.41. The fourth-order valence-corrected chi connectivity index (χ4v) is 0.755. The Hall–Kier alpha value is -1.32. The van der Waals surface area contributed by atoms with Crippen molar-refractivity contribution in [2.75, 3.05) is 6.61 Å². The van der Waals surface area contributed by atoms with E-state index in [2.05, 4.69) is 4.74 Å². The Morgan fingerprint density at radius 2 is 2.00 bits per heavy atom. The molecule has 4 heteroatoms. The second-order valence-corrected chi connectivity index (χ2v) is 2.43. The molecule has 0 amide bonds. The van der Waals surface area contributed by atoms with Crippen molar-refractivity contribution >= 4 is 11.9 Å². The maximum atomic E-state index is 11.0. The molecule has 1 N–H and O–H groups in total. The van der Waals surface area contributed by atoms with Gasteiger partial charge in [0.15, 0.2) is 0 Å². The monoisotopic (exact) mass is 186 g/mol. The lowest BCUT2D eigenvalue weighted by Gasteiger charge is -2.01. The third-order valence-electron chi connectivity index (χ3n) is 1.36. The van der Waals surface area contributed by atoms with Crippen molar-refractivity contribution in [3.05, 3.63) is 11.6 Å². The van der Waals surface area contributed by atoms with E-state index in [0.29, 0.717) is 6.42 Å². The van der Waals surface area contributed by atoms with Crippen molar-refractivity contribution in [3.8, 4) is 0 Å². The molecule has 0 saturated carbocycles. The number of allylic oxidation sites excluding steroid dienone is 1. The van der Waals surface area contributed by atoms with E-state index in [0.717, 1.165) is 6.42 Å². The zero-order valence-corrected chi connectivity index (χ0v) is 7.87. The van der Waals surface area contributed by atoms with Crippen molar-refractivity contribution in [2.24, 2.45) is 0 Å². The van der Waals surface area contributed by atoms with E-state index in [4.69, 9.17) is 5.11 Å². The van der Waals surface area contributed by atoms with E-state index in [-0.39, 0.29) is 12.2 Å². The van der Waals surface area contributed by atoms with Gasteiger partial charge in [-0.3, -0.25) is 0 Å². The average Bonchev–Trinajstić information content (AvgIpc) is 2.05. The molecule has 0 rings (SSSR count). The molecule has 0 spiro atoms. The van der Waals surface area contributed by atoms with Gasteiger partial charge in [0.05, 0.1) is 6.61 Å². The number of esters is 1. The first-order chi connectivity index (χ1) is 6.13. The van der Waals surface area contributed by atoms with Gasteiger partial charge in [-0.1, -0.05) is 19.4 Å². The Bertz CT molecular complexity index is 218. The summed E-state index contributed by atoms with van der Waals surface area (Å²) in [5, 5.41) is 8.63. The maximum absolute atomic E-state index is 11.0. The molecule has 0 aliphatic heterocycles. The molecule has 0 atom stereocenters. The summed E-state index contributed by atoms with van der Waals surface area (Å²) in [7, 11) is 0. The topological polar surface area (TPSA) is 63.6 Å². The molecule has 0 radical (unpaired) electrons. The Kier molecular flexibility index (Phi) is 5.59. The van der Waals surface area contributed by atoms with E-state index < -0.39 is 11.9 Å². The summed E-state index contributed by atoms with van der Waals surface area (Å²) in [6, 6.07) is 0. The summed E-state index contributed by atoms with van der Waals surface area (Å²) in [5.74, 6) is -1.99. The Labute approximate surface area is 77.2 Å². The van der Waals surface area contributed by atoms with E-state index in [1.807, 2.05) is 6.92 Å². The fourth-order valence-electron chi connectivity index (χ4n) is 0.755. The normalized spacial score (nSPS) is 11.1. The minimum atomic E-state index is -1.23. The molecule has 0 heterocycles. The SMILES string of the molecule is CCC/C=C(\C(=O)O)C(=O)OCC. The standard InChI is InChI=1S/C9H14O4/c1-3-5-6-7(8(10)11)9(12)13-4-2/h6H,3-5H2,1-2H3,(H,10,11)/b7-6+. The first kappa shape index (κ1) is 11.7. The molecule has 0 bridgehead atoms. The second kappa shape index (κ2) is 6.22. The van der Waals surface area contributed by atoms with Crippen molar-refractivity contribution in [3.63, 3.8) is 0 Å². The lowest BCUT2D eigenvalue weighted by Crippen LogP contribution is -2.15. The molecule has 0 aliphatic carbocycles. The average molecular weight is 186 g/mol. The van der Waals surface area contributed by atoms with Crippen LogP contribution in [0, 0.1) is 0 Å². The van der Waals surface area contributed by atoms with E-state index >= 15 is 0 Å². The van der Waals surface area contributed by atoms with E-state index in [9.17, 15) is 9.59 Å². The van der Waals surface area contributed by atoms with E-state index in [1.165, 1.54) is 6.08 Å². The number of carboxylic acid groups (broad SMARTS) is 1. The summed E-state index contributed by atoms with van der Waals surface area (Å²) in [6.45, 7) is 3.73. The lowest BCUT2D eigenvalue weighted by atomic mass is 10.2. The molecule has 0 saturated heterocycles. The highest BCUT2D eigenvalue weighted by molar-refractivity contribution is 6.13. The number of carbonyl (C=O) groups excluding carboxylic acids is 1. The van der Waals surface area contributed by atoms with Crippen LogP contribution in [0.5, 0.6) is 0 Å². The number of hydrogen-bond acceptors (Lipinski definition) is 3. The predicted molar refractivity (Wildman–Crippen MR) is 47.3 cm³/mol. The first-order valence-corrected chi connectivity index (χ1v) is 4.24. The molecular formula is C9H14O4. The predicted octanol–water partition coefficient (Wildman–Crippen LogP) is 1.36. The van der Waals surface area contributed by atoms with Gasteiger partial charge in [0, 0.05) is 0 Å². The van der Waals surface area contributed by atoms with Crippen LogP contribution in [0.2, 0.25) is 0 Å². The largest absolute Gasteiger partial charge is 0.477 e. The Morgan fingerprint density at radius 3 is 2.38 bits per heavy atom. The number of rotatable bonds is 5. The van der Waals surface area contributed by atoms with Crippen LogP contribution in [0.3, 0.4) is 0 Å². The van der Waals surface area contributed by atoms with Crippen LogP contribution in [-0.4, -0.2) is 23.7 Å². The van der Waals surface area contributed by atoms with Gasteiger partial charge in [0.25, 0.3) is 0 Å². The lowest BCUT2D eigenvalue weighted by molar-refractivity contribution is -0.143. The molecule has 0 fully saturated rings. The second-order valence-electron chi connectivity index (χ2n) is 2.43. The molecule has 0 aromatic heterocycles. The minimum absolute atomic E-state index is 0.190. The molecular weight excluding hydrogens is 172 g/mol. The number of carbonyl (C=O) groups is 2. The highest BCUT2D eigenvalue weighted by Gasteiger charge is 2.17. The molecule has 13 heavy (non-hydrogen) atoms. The molecule has 0 aliphatic rings. The molecule has 0 unspecified atom stereocenters. The smallest absolute Gasteiger partial charge is 0.345 e. The van der Waals surface area contributed by atoms with Crippen molar-refractivity contribution in [1.82, 2.24) is 0 Å². The summed E-state index contributed by atoms with van der Waals surface area (Å²) < 4.78 is 4.57. The van der Waals surface area contributed by atoms with Gasteiger partial charge < -0.3 is 9.84 Å². The quantitative estimate of drug-likeness (QED) is 0.305. The summed E-state index contributed by atoms with van der Waals surface area (Å²) in [5.41, 5.74) is -0.274. The fraction of sp³-hybridized carbons (Fsp3) is 0.556. The van der Waals surface area contributed by atoms with Crippen molar-refractivity contribution in [1.29, 1.82) is 0 Å². The van der Waals surface area contributed by atoms with Gasteiger partial charge in [-0.2, -0.15) is 0 Å². The van der Waals surface area contributed by atoms with Crippen LogP contribution in [0.25, 0.3) is 0 Å². The van der Waals surface area contributed by atoms with Gasteiger partial charge in [-0.05, 0) is 13.3 Å². The number of carboxylic acids is 1.